The van der Waals surface area contributed by atoms with E-state index >= 15 is 0 Å². The lowest BCUT2D eigenvalue weighted by Gasteiger charge is -2.22. The Labute approximate surface area is 106 Å². The van der Waals surface area contributed by atoms with Crippen molar-refractivity contribution in [2.24, 2.45) is 0 Å². The first-order valence-electron chi connectivity index (χ1n) is 5.70. The Kier molecular flexibility index (Phi) is 4.69. The topological polar surface area (TPSA) is 78.8 Å². The van der Waals surface area contributed by atoms with Gasteiger partial charge in [-0.25, -0.2) is 4.79 Å². The highest BCUT2D eigenvalue weighted by Gasteiger charge is 2.29. The number of carbonyl (C=O) groups is 1. The molecule has 0 saturated heterocycles. The number of carboxylic acid groups (broad SMARTS) is 1. The van der Waals surface area contributed by atoms with E-state index in [4.69, 9.17) is 9.84 Å². The summed E-state index contributed by atoms with van der Waals surface area (Å²) in [6, 6.07) is 7.41. The quantitative estimate of drug-likeness (QED) is 0.709. The van der Waals surface area contributed by atoms with E-state index in [2.05, 4.69) is 5.32 Å². The minimum atomic E-state index is -1.76. The Hall–Kier alpha value is -1.59. The predicted octanol–water partition coefficient (Wildman–Crippen LogP) is 1.18. The van der Waals surface area contributed by atoms with E-state index in [1.165, 1.54) is 6.92 Å². The molecule has 100 valence electrons. The van der Waals surface area contributed by atoms with Gasteiger partial charge in [-0.1, -0.05) is 12.1 Å². The van der Waals surface area contributed by atoms with Crippen LogP contribution in [0, 0.1) is 0 Å². The Morgan fingerprint density at radius 2 is 2.00 bits per heavy atom. The number of hydrogen-bond donors (Lipinski definition) is 3. The number of methoxy groups -OCH3 is 1. The van der Waals surface area contributed by atoms with Gasteiger partial charge in [0.2, 0.25) is 0 Å². The van der Waals surface area contributed by atoms with Crippen LogP contribution in [0.5, 0.6) is 5.75 Å². The molecule has 5 heteroatoms. The molecule has 1 aromatic carbocycles. The van der Waals surface area contributed by atoms with Gasteiger partial charge in [0.05, 0.1) is 7.11 Å². The van der Waals surface area contributed by atoms with E-state index in [1.54, 1.807) is 7.11 Å². The number of ether oxygens (including phenoxy) is 1. The van der Waals surface area contributed by atoms with Crippen molar-refractivity contribution in [1.29, 1.82) is 0 Å². The molecule has 0 bridgehead atoms. The maximum absolute atomic E-state index is 10.7. The fourth-order valence-electron chi connectivity index (χ4n) is 1.44. The molecule has 18 heavy (non-hydrogen) atoms. The third kappa shape index (κ3) is 3.72. The number of carboxylic acids is 1. The third-order valence-corrected chi connectivity index (χ3v) is 2.83. The highest BCUT2D eigenvalue weighted by Crippen LogP contribution is 2.17. The molecular weight excluding hydrogens is 234 g/mol. The normalized spacial score (nSPS) is 15.8. The van der Waals surface area contributed by atoms with Crippen LogP contribution >= 0.6 is 0 Å². The van der Waals surface area contributed by atoms with Gasteiger partial charge in [0.1, 0.15) is 5.75 Å². The second-order valence-electron chi connectivity index (χ2n) is 4.45. The van der Waals surface area contributed by atoms with Crippen LogP contribution in [-0.4, -0.2) is 35.4 Å². The van der Waals surface area contributed by atoms with Crippen LogP contribution in [0.15, 0.2) is 24.3 Å². The van der Waals surface area contributed by atoms with E-state index in [9.17, 15) is 9.90 Å². The average Bonchev–Trinajstić information content (AvgIpc) is 2.36. The number of aliphatic hydroxyl groups is 1. The van der Waals surface area contributed by atoms with Crippen molar-refractivity contribution in [3.05, 3.63) is 29.8 Å². The summed E-state index contributed by atoms with van der Waals surface area (Å²) in [4.78, 5) is 10.7. The molecule has 3 N–H and O–H groups in total. The van der Waals surface area contributed by atoms with Crippen LogP contribution in [0.25, 0.3) is 0 Å². The summed E-state index contributed by atoms with van der Waals surface area (Å²) in [5.41, 5.74) is -0.766. The SMILES string of the molecule is COc1ccc([C@H](C)NCC(C)(O)C(=O)O)cc1. The molecule has 0 fully saturated rings. The summed E-state index contributed by atoms with van der Waals surface area (Å²) in [6.45, 7) is 3.15. The van der Waals surface area contributed by atoms with Gasteiger partial charge in [0, 0.05) is 12.6 Å². The van der Waals surface area contributed by atoms with Crippen LogP contribution < -0.4 is 10.1 Å². The molecule has 1 unspecified atom stereocenters. The number of benzene rings is 1. The Morgan fingerprint density at radius 1 is 1.44 bits per heavy atom. The fraction of sp³-hybridized carbons (Fsp3) is 0.462. The molecule has 2 atom stereocenters. The van der Waals surface area contributed by atoms with Crippen molar-refractivity contribution < 1.29 is 19.7 Å². The van der Waals surface area contributed by atoms with Gasteiger partial charge in [-0.05, 0) is 31.5 Å². The minimum Gasteiger partial charge on any atom is -0.497 e. The second kappa shape index (κ2) is 5.84. The molecule has 0 aliphatic rings. The van der Waals surface area contributed by atoms with Crippen LogP contribution in [-0.2, 0) is 4.79 Å². The van der Waals surface area contributed by atoms with E-state index in [0.717, 1.165) is 11.3 Å². The molecule has 0 amide bonds. The fourth-order valence-corrected chi connectivity index (χ4v) is 1.44. The second-order valence-corrected chi connectivity index (χ2v) is 4.45. The molecule has 0 radical (unpaired) electrons. The Balaban J connectivity index is 2.59. The average molecular weight is 253 g/mol. The summed E-state index contributed by atoms with van der Waals surface area (Å²) in [6.07, 6.45) is 0. The smallest absolute Gasteiger partial charge is 0.336 e. The van der Waals surface area contributed by atoms with Crippen molar-refractivity contribution in [3.8, 4) is 5.75 Å². The first kappa shape index (κ1) is 14.5. The maximum atomic E-state index is 10.7. The van der Waals surface area contributed by atoms with Gasteiger partial charge in [0.25, 0.3) is 0 Å². The monoisotopic (exact) mass is 253 g/mol. The van der Waals surface area contributed by atoms with E-state index < -0.39 is 11.6 Å². The number of hydrogen-bond acceptors (Lipinski definition) is 4. The first-order valence-corrected chi connectivity index (χ1v) is 5.70. The zero-order valence-corrected chi connectivity index (χ0v) is 10.8. The first-order chi connectivity index (χ1) is 8.36. The van der Waals surface area contributed by atoms with Crippen LogP contribution in [0.2, 0.25) is 0 Å². The third-order valence-electron chi connectivity index (χ3n) is 2.83. The number of nitrogens with one attached hydrogen (secondary N) is 1. The number of rotatable bonds is 6. The molecule has 0 heterocycles. The largest absolute Gasteiger partial charge is 0.497 e. The lowest BCUT2D eigenvalue weighted by molar-refractivity contribution is -0.156. The highest BCUT2D eigenvalue weighted by atomic mass is 16.5. The molecule has 0 aliphatic heterocycles. The van der Waals surface area contributed by atoms with Crippen molar-refractivity contribution in [1.82, 2.24) is 5.32 Å². The zero-order valence-electron chi connectivity index (χ0n) is 10.8. The molecule has 0 saturated carbocycles. The summed E-state index contributed by atoms with van der Waals surface area (Å²) in [5, 5.41) is 21.4. The maximum Gasteiger partial charge on any atom is 0.336 e. The van der Waals surface area contributed by atoms with Gasteiger partial charge < -0.3 is 20.3 Å². The zero-order chi connectivity index (χ0) is 13.8. The van der Waals surface area contributed by atoms with Crippen molar-refractivity contribution in [3.63, 3.8) is 0 Å². The van der Waals surface area contributed by atoms with E-state index in [1.807, 2.05) is 31.2 Å². The van der Waals surface area contributed by atoms with Crippen LogP contribution in [0.1, 0.15) is 25.5 Å². The molecule has 0 aromatic heterocycles. The van der Waals surface area contributed by atoms with E-state index in [0.29, 0.717) is 0 Å². The van der Waals surface area contributed by atoms with Gasteiger partial charge in [-0.15, -0.1) is 0 Å². The lowest BCUT2D eigenvalue weighted by atomic mass is 10.0. The summed E-state index contributed by atoms with van der Waals surface area (Å²) >= 11 is 0. The van der Waals surface area contributed by atoms with Gasteiger partial charge in [-0.3, -0.25) is 0 Å². The van der Waals surface area contributed by atoms with Gasteiger partial charge in [0.15, 0.2) is 5.60 Å². The number of aliphatic carboxylic acids is 1. The Morgan fingerprint density at radius 3 is 2.44 bits per heavy atom. The molecule has 5 nitrogen and oxygen atoms in total. The molecule has 1 rings (SSSR count). The van der Waals surface area contributed by atoms with Crippen LogP contribution in [0.4, 0.5) is 0 Å². The Bertz CT molecular complexity index is 400. The van der Waals surface area contributed by atoms with Crippen molar-refractivity contribution in [2.75, 3.05) is 13.7 Å². The van der Waals surface area contributed by atoms with E-state index in [-0.39, 0.29) is 12.6 Å². The standard InChI is InChI=1S/C13H19NO4/c1-9(14-8-13(2,17)12(15)16)10-4-6-11(18-3)7-5-10/h4-7,9,14,17H,8H2,1-3H3,(H,15,16)/t9-,13?/m0/s1. The predicted molar refractivity (Wildman–Crippen MR) is 67.7 cm³/mol. The minimum absolute atomic E-state index is 0.0183. The van der Waals surface area contributed by atoms with Crippen molar-refractivity contribution >= 4 is 5.97 Å². The molecule has 0 aliphatic carbocycles. The molecule has 1 aromatic rings. The van der Waals surface area contributed by atoms with Crippen LogP contribution in [0.3, 0.4) is 0 Å². The highest BCUT2D eigenvalue weighted by molar-refractivity contribution is 5.76. The van der Waals surface area contributed by atoms with Crippen molar-refractivity contribution in [2.45, 2.75) is 25.5 Å². The van der Waals surface area contributed by atoms with Gasteiger partial charge >= 0.3 is 5.97 Å². The molecule has 0 spiro atoms. The molecular formula is C13H19NO4. The summed E-state index contributed by atoms with van der Waals surface area (Å²) < 4.78 is 5.06. The summed E-state index contributed by atoms with van der Waals surface area (Å²) in [5.74, 6) is -0.472. The van der Waals surface area contributed by atoms with Gasteiger partial charge in [-0.2, -0.15) is 0 Å². The lowest BCUT2D eigenvalue weighted by Crippen LogP contribution is -2.45. The summed E-state index contributed by atoms with van der Waals surface area (Å²) in [7, 11) is 1.60.